The lowest BCUT2D eigenvalue weighted by Gasteiger charge is -2.39. The second-order valence-corrected chi connectivity index (χ2v) is 6.78. The lowest BCUT2D eigenvalue weighted by molar-refractivity contribution is -0.137. The third kappa shape index (κ3) is 3.48. The van der Waals surface area contributed by atoms with E-state index < -0.39 is 23.7 Å². The number of rotatable bonds is 2. The summed E-state index contributed by atoms with van der Waals surface area (Å²) in [6.07, 6.45) is -4.47. The van der Waals surface area contributed by atoms with Crippen LogP contribution in [0, 0.1) is 0 Å². The number of piperazine rings is 1. The Hall–Kier alpha value is -3.23. The molecular weight excluding hydrogens is 389 g/mol. The van der Waals surface area contributed by atoms with Crippen molar-refractivity contribution < 1.29 is 32.2 Å². The molecule has 0 bridgehead atoms. The number of hydrogen-bond donors (Lipinski definition) is 0. The fraction of sp³-hybridized carbons (Fsp3) is 0.300. The van der Waals surface area contributed by atoms with Crippen molar-refractivity contribution in [2.24, 2.45) is 0 Å². The predicted octanol–water partition coefficient (Wildman–Crippen LogP) is 3.31. The summed E-state index contributed by atoms with van der Waals surface area (Å²) < 4.78 is 48.7. The average molecular weight is 406 g/mol. The molecule has 2 aliphatic heterocycles. The molecule has 29 heavy (non-hydrogen) atoms. The number of anilines is 1. The molecule has 0 N–H and O–H groups in total. The Balaban J connectivity index is 1.50. The number of alkyl halides is 3. The normalized spacial score (nSPS) is 18.9. The van der Waals surface area contributed by atoms with Crippen LogP contribution in [0.25, 0.3) is 0 Å². The number of benzene rings is 2. The van der Waals surface area contributed by atoms with Gasteiger partial charge in [-0.25, -0.2) is 0 Å². The molecule has 2 aromatic rings. The lowest BCUT2D eigenvalue weighted by Crippen LogP contribution is -2.57. The first kappa shape index (κ1) is 19.1. The van der Waals surface area contributed by atoms with Gasteiger partial charge in [-0.1, -0.05) is 0 Å². The summed E-state index contributed by atoms with van der Waals surface area (Å²) in [5.74, 6) is 0.386. The third-order valence-corrected chi connectivity index (χ3v) is 5.04. The minimum Gasteiger partial charge on any atom is -0.454 e. The van der Waals surface area contributed by atoms with Gasteiger partial charge in [0.2, 0.25) is 12.7 Å². The molecule has 6 nitrogen and oxygen atoms in total. The maximum atomic E-state index is 12.9. The predicted molar refractivity (Wildman–Crippen MR) is 96.9 cm³/mol. The van der Waals surface area contributed by atoms with Gasteiger partial charge in [0, 0.05) is 30.4 Å². The quantitative estimate of drug-likeness (QED) is 0.768. The van der Waals surface area contributed by atoms with Gasteiger partial charge in [0.05, 0.1) is 5.56 Å². The van der Waals surface area contributed by atoms with Crippen molar-refractivity contribution in [1.82, 2.24) is 4.90 Å². The van der Waals surface area contributed by atoms with Crippen LogP contribution in [-0.2, 0) is 11.0 Å². The number of carbonyl (C=O) groups excluding carboxylic acids is 2. The van der Waals surface area contributed by atoms with E-state index >= 15 is 0 Å². The van der Waals surface area contributed by atoms with Crippen LogP contribution in [0.15, 0.2) is 42.5 Å². The molecular formula is C20H17F3N2O4. The Bertz CT molecular complexity index is 959. The van der Waals surface area contributed by atoms with Crippen LogP contribution in [-0.4, -0.2) is 42.6 Å². The first-order chi connectivity index (χ1) is 13.8. The molecule has 1 fully saturated rings. The second-order valence-electron chi connectivity index (χ2n) is 6.78. The van der Waals surface area contributed by atoms with E-state index in [1.54, 1.807) is 30.0 Å². The van der Waals surface area contributed by atoms with E-state index in [9.17, 15) is 22.8 Å². The zero-order chi connectivity index (χ0) is 20.8. The van der Waals surface area contributed by atoms with E-state index in [1.807, 2.05) is 0 Å². The second kappa shape index (κ2) is 6.98. The van der Waals surface area contributed by atoms with Gasteiger partial charge >= 0.3 is 6.18 Å². The van der Waals surface area contributed by atoms with Gasteiger partial charge in [-0.2, -0.15) is 13.2 Å². The number of hydrogen-bond acceptors (Lipinski definition) is 4. The third-order valence-electron chi connectivity index (χ3n) is 5.04. The van der Waals surface area contributed by atoms with Crippen LogP contribution < -0.4 is 14.4 Å². The minimum atomic E-state index is -4.47. The number of carbonyl (C=O) groups is 2. The number of fused-ring (bicyclic) bond motifs is 1. The summed E-state index contributed by atoms with van der Waals surface area (Å²) in [5.41, 5.74) is -0.0901. The van der Waals surface area contributed by atoms with Gasteiger partial charge in [-0.3, -0.25) is 9.59 Å². The summed E-state index contributed by atoms with van der Waals surface area (Å²) in [5, 5.41) is 0. The molecule has 2 heterocycles. The van der Waals surface area contributed by atoms with E-state index in [0.29, 0.717) is 17.2 Å². The van der Waals surface area contributed by atoms with E-state index in [4.69, 9.17) is 9.47 Å². The van der Waals surface area contributed by atoms with Gasteiger partial charge in [-0.05, 0) is 43.3 Å². The summed E-state index contributed by atoms with van der Waals surface area (Å²) >= 11 is 0. The fourth-order valence-corrected chi connectivity index (χ4v) is 3.42. The molecule has 1 atom stereocenters. The minimum absolute atomic E-state index is 0.106. The number of amides is 2. The van der Waals surface area contributed by atoms with Crippen LogP contribution >= 0.6 is 0 Å². The average Bonchev–Trinajstić information content (AvgIpc) is 3.17. The van der Waals surface area contributed by atoms with E-state index in [1.165, 1.54) is 4.90 Å². The molecule has 4 rings (SSSR count). The molecule has 1 saturated heterocycles. The maximum Gasteiger partial charge on any atom is 0.416 e. The number of halogens is 3. The van der Waals surface area contributed by atoms with E-state index in [-0.39, 0.29) is 31.4 Å². The SMILES string of the molecule is C[C@H]1C(=O)N(c2ccc3c(c2)OCO3)CCN1C(=O)c1ccc(C(F)(F)F)cc1. The molecule has 0 spiro atoms. The van der Waals surface area contributed by atoms with Gasteiger partial charge < -0.3 is 19.3 Å². The van der Waals surface area contributed by atoms with Crippen molar-refractivity contribution in [1.29, 1.82) is 0 Å². The van der Waals surface area contributed by atoms with Gasteiger partial charge in [0.1, 0.15) is 6.04 Å². The molecule has 2 aromatic carbocycles. The molecule has 2 amide bonds. The van der Waals surface area contributed by atoms with Crippen LogP contribution in [0.4, 0.5) is 18.9 Å². The molecule has 2 aliphatic rings. The highest BCUT2D eigenvalue weighted by Crippen LogP contribution is 2.36. The summed E-state index contributed by atoms with van der Waals surface area (Å²) in [7, 11) is 0. The first-order valence-electron chi connectivity index (χ1n) is 8.95. The standard InChI is InChI=1S/C20H17F3N2O4/c1-12-18(26)25(15-6-7-16-17(10-15)29-11-28-16)9-8-24(12)19(27)13-2-4-14(5-3-13)20(21,22)23/h2-7,10,12H,8-9,11H2,1H3/t12-/m0/s1. The topological polar surface area (TPSA) is 59.1 Å². The number of nitrogens with zero attached hydrogens (tertiary/aromatic N) is 2. The molecule has 0 saturated carbocycles. The monoisotopic (exact) mass is 406 g/mol. The Kier molecular flexibility index (Phi) is 4.60. The van der Waals surface area contributed by atoms with Crippen molar-refractivity contribution in [2.75, 3.05) is 24.8 Å². The van der Waals surface area contributed by atoms with Crippen molar-refractivity contribution in [3.05, 3.63) is 53.6 Å². The summed E-state index contributed by atoms with van der Waals surface area (Å²) in [6.45, 7) is 2.23. The van der Waals surface area contributed by atoms with Crippen LogP contribution in [0.1, 0.15) is 22.8 Å². The zero-order valence-corrected chi connectivity index (χ0v) is 15.4. The highest BCUT2D eigenvalue weighted by Gasteiger charge is 2.36. The highest BCUT2D eigenvalue weighted by molar-refractivity contribution is 6.03. The van der Waals surface area contributed by atoms with Crippen LogP contribution in [0.3, 0.4) is 0 Å². The largest absolute Gasteiger partial charge is 0.454 e. The Labute approximate surface area is 164 Å². The first-order valence-corrected chi connectivity index (χ1v) is 8.95. The molecule has 0 aromatic heterocycles. The van der Waals surface area contributed by atoms with Crippen molar-refractivity contribution in [3.63, 3.8) is 0 Å². The lowest BCUT2D eigenvalue weighted by atomic mass is 10.1. The van der Waals surface area contributed by atoms with Gasteiger partial charge in [0.15, 0.2) is 11.5 Å². The zero-order valence-electron chi connectivity index (χ0n) is 15.4. The molecule has 0 unspecified atom stereocenters. The molecule has 9 heteroatoms. The fourth-order valence-electron chi connectivity index (χ4n) is 3.42. The highest BCUT2D eigenvalue weighted by atomic mass is 19.4. The Morgan fingerprint density at radius 1 is 1.03 bits per heavy atom. The Morgan fingerprint density at radius 3 is 2.41 bits per heavy atom. The summed E-state index contributed by atoms with van der Waals surface area (Å²) in [4.78, 5) is 28.5. The summed E-state index contributed by atoms with van der Waals surface area (Å²) in [6, 6.07) is 8.40. The van der Waals surface area contributed by atoms with Gasteiger partial charge in [0.25, 0.3) is 5.91 Å². The Morgan fingerprint density at radius 2 is 1.72 bits per heavy atom. The van der Waals surface area contributed by atoms with Crippen molar-refractivity contribution in [2.45, 2.75) is 19.1 Å². The van der Waals surface area contributed by atoms with Gasteiger partial charge in [-0.15, -0.1) is 0 Å². The van der Waals surface area contributed by atoms with Crippen LogP contribution in [0.2, 0.25) is 0 Å². The maximum absolute atomic E-state index is 12.9. The van der Waals surface area contributed by atoms with E-state index in [0.717, 1.165) is 24.3 Å². The number of ether oxygens (including phenoxy) is 2. The van der Waals surface area contributed by atoms with Crippen LogP contribution in [0.5, 0.6) is 11.5 Å². The molecule has 0 aliphatic carbocycles. The molecule has 152 valence electrons. The van der Waals surface area contributed by atoms with E-state index in [2.05, 4.69) is 0 Å². The smallest absolute Gasteiger partial charge is 0.416 e. The van der Waals surface area contributed by atoms with Crippen molar-refractivity contribution >= 4 is 17.5 Å². The molecule has 0 radical (unpaired) electrons. The van der Waals surface area contributed by atoms with Crippen molar-refractivity contribution in [3.8, 4) is 11.5 Å².